The summed E-state index contributed by atoms with van der Waals surface area (Å²) in [7, 11) is 1.88. The minimum Gasteiger partial charge on any atom is -0.320 e. The lowest BCUT2D eigenvalue weighted by Gasteiger charge is -2.19. The molecule has 1 unspecified atom stereocenters. The predicted molar refractivity (Wildman–Crippen MR) is 62.1 cm³/mol. The van der Waals surface area contributed by atoms with Crippen LogP contribution >= 0.6 is 11.3 Å². The highest BCUT2D eigenvalue weighted by Gasteiger charge is 2.36. The average Bonchev–Trinajstić information content (AvgIpc) is 2.77. The van der Waals surface area contributed by atoms with Gasteiger partial charge >= 0.3 is 6.03 Å². The number of carbonyl (C=O) groups excluding carboxylic acids is 1. The van der Waals surface area contributed by atoms with Gasteiger partial charge in [-0.3, -0.25) is 0 Å². The van der Waals surface area contributed by atoms with E-state index >= 15 is 0 Å². The molecule has 4 heteroatoms. The summed E-state index contributed by atoms with van der Waals surface area (Å²) >= 11 is 1.72. The molecule has 2 rings (SSSR count). The summed E-state index contributed by atoms with van der Waals surface area (Å²) in [5, 5.41) is 2.06. The Labute approximate surface area is 94.3 Å². The first-order chi connectivity index (χ1) is 7.11. The van der Waals surface area contributed by atoms with Gasteiger partial charge in [-0.05, 0) is 25.3 Å². The fraction of sp³-hybridized carbons (Fsp3) is 0.545. The zero-order chi connectivity index (χ0) is 11.0. The van der Waals surface area contributed by atoms with E-state index in [9.17, 15) is 4.79 Å². The predicted octanol–water partition coefficient (Wildman–Crippen LogP) is 2.57. The van der Waals surface area contributed by atoms with Crippen LogP contribution in [0.25, 0.3) is 0 Å². The fourth-order valence-electron chi connectivity index (χ4n) is 1.92. The van der Waals surface area contributed by atoms with Crippen molar-refractivity contribution in [3.05, 3.63) is 22.4 Å². The van der Waals surface area contributed by atoms with Gasteiger partial charge in [0.05, 0.1) is 6.04 Å². The number of urea groups is 1. The smallest absolute Gasteiger partial charge is 0.320 e. The summed E-state index contributed by atoms with van der Waals surface area (Å²) in [6, 6.07) is 4.80. The first kappa shape index (κ1) is 10.5. The number of likely N-dealkylation sites (N-methyl/N-ethyl adjacent to an activating group) is 1. The van der Waals surface area contributed by atoms with E-state index in [0.29, 0.717) is 0 Å². The molecule has 1 atom stereocenters. The third-order valence-electron chi connectivity index (χ3n) is 2.88. The highest BCUT2D eigenvalue weighted by atomic mass is 32.1. The molecule has 0 bridgehead atoms. The van der Waals surface area contributed by atoms with Crippen LogP contribution in [0, 0.1) is 0 Å². The van der Waals surface area contributed by atoms with Crippen LogP contribution in [-0.2, 0) is 0 Å². The second-order valence-electron chi connectivity index (χ2n) is 4.17. The number of hydrogen-bond donors (Lipinski definition) is 0. The molecule has 1 aromatic heterocycles. The zero-order valence-electron chi connectivity index (χ0n) is 9.30. The van der Waals surface area contributed by atoms with Crippen LogP contribution in [0.15, 0.2) is 17.5 Å². The summed E-state index contributed by atoms with van der Waals surface area (Å²) in [5.41, 5.74) is 0. The Bertz CT molecular complexity index is 347. The minimum atomic E-state index is 0.142. The Morgan fingerprint density at radius 2 is 2.27 bits per heavy atom. The Kier molecular flexibility index (Phi) is 2.69. The van der Waals surface area contributed by atoms with Crippen molar-refractivity contribution in [3.8, 4) is 0 Å². The van der Waals surface area contributed by atoms with E-state index in [0.717, 1.165) is 6.54 Å². The van der Waals surface area contributed by atoms with Crippen LogP contribution in [0.4, 0.5) is 4.79 Å². The van der Waals surface area contributed by atoms with Crippen LogP contribution in [0.2, 0.25) is 0 Å². The molecule has 0 N–H and O–H groups in total. The Morgan fingerprint density at radius 3 is 2.73 bits per heavy atom. The van der Waals surface area contributed by atoms with Crippen molar-refractivity contribution >= 4 is 17.4 Å². The molecule has 2 heterocycles. The molecule has 1 fully saturated rings. The number of hydrogen-bond acceptors (Lipinski definition) is 2. The van der Waals surface area contributed by atoms with Crippen molar-refractivity contribution in [2.24, 2.45) is 0 Å². The number of amides is 2. The van der Waals surface area contributed by atoms with Crippen LogP contribution < -0.4 is 0 Å². The van der Waals surface area contributed by atoms with E-state index in [1.54, 1.807) is 11.3 Å². The van der Waals surface area contributed by atoms with Crippen LogP contribution in [0.1, 0.15) is 24.8 Å². The number of rotatable bonds is 2. The van der Waals surface area contributed by atoms with Gasteiger partial charge in [-0.25, -0.2) is 4.79 Å². The van der Waals surface area contributed by atoms with Gasteiger partial charge in [0.1, 0.15) is 0 Å². The monoisotopic (exact) mass is 224 g/mol. The van der Waals surface area contributed by atoms with Gasteiger partial charge in [-0.2, -0.15) is 0 Å². The van der Waals surface area contributed by atoms with Gasteiger partial charge in [-0.1, -0.05) is 6.07 Å². The van der Waals surface area contributed by atoms with Crippen LogP contribution in [-0.4, -0.2) is 35.5 Å². The minimum absolute atomic E-state index is 0.142. The van der Waals surface area contributed by atoms with E-state index in [2.05, 4.69) is 25.3 Å². The largest absolute Gasteiger partial charge is 0.320 e. The lowest BCUT2D eigenvalue weighted by atomic mass is 10.2. The molecule has 0 radical (unpaired) electrons. The number of carbonyl (C=O) groups is 1. The van der Waals surface area contributed by atoms with Crippen molar-refractivity contribution < 1.29 is 4.79 Å². The van der Waals surface area contributed by atoms with Gasteiger partial charge in [0.15, 0.2) is 0 Å². The van der Waals surface area contributed by atoms with Crippen LogP contribution in [0.5, 0.6) is 0 Å². The van der Waals surface area contributed by atoms with Gasteiger partial charge in [0.25, 0.3) is 0 Å². The molecule has 2 amide bonds. The van der Waals surface area contributed by atoms with Gasteiger partial charge < -0.3 is 9.80 Å². The number of nitrogens with zero attached hydrogens (tertiary/aromatic N) is 2. The lowest BCUT2D eigenvalue weighted by molar-refractivity contribution is 0.187. The topological polar surface area (TPSA) is 23.6 Å². The quantitative estimate of drug-likeness (QED) is 0.757. The zero-order valence-corrected chi connectivity index (χ0v) is 10.1. The van der Waals surface area contributed by atoms with Gasteiger partial charge in [0.2, 0.25) is 0 Å². The molecule has 3 nitrogen and oxygen atoms in total. The molecular weight excluding hydrogens is 208 g/mol. The molecule has 0 spiro atoms. The van der Waals surface area contributed by atoms with Crippen molar-refractivity contribution in [2.75, 3.05) is 13.6 Å². The fourth-order valence-corrected chi connectivity index (χ4v) is 2.78. The summed E-state index contributed by atoms with van der Waals surface area (Å²) in [6.45, 7) is 4.93. The summed E-state index contributed by atoms with van der Waals surface area (Å²) < 4.78 is 0. The SMILES string of the molecule is CC(C)N1CC(c2cccs2)N(C)C1=O. The first-order valence-corrected chi connectivity index (χ1v) is 6.06. The van der Waals surface area contributed by atoms with Gasteiger partial charge in [0, 0.05) is 24.5 Å². The maximum absolute atomic E-state index is 11.9. The van der Waals surface area contributed by atoms with Crippen molar-refractivity contribution in [3.63, 3.8) is 0 Å². The molecule has 15 heavy (non-hydrogen) atoms. The van der Waals surface area contributed by atoms with Crippen molar-refractivity contribution in [1.29, 1.82) is 0 Å². The maximum atomic E-state index is 11.9. The van der Waals surface area contributed by atoms with Crippen molar-refractivity contribution in [2.45, 2.75) is 25.9 Å². The van der Waals surface area contributed by atoms with E-state index in [1.165, 1.54) is 4.88 Å². The summed E-state index contributed by atoms with van der Waals surface area (Å²) in [4.78, 5) is 16.9. The normalized spacial score (nSPS) is 21.9. The molecule has 0 aliphatic carbocycles. The lowest BCUT2D eigenvalue weighted by Crippen LogP contribution is -2.34. The van der Waals surface area contributed by atoms with E-state index in [-0.39, 0.29) is 18.1 Å². The third-order valence-corrected chi connectivity index (χ3v) is 3.85. The second kappa shape index (κ2) is 3.85. The van der Waals surface area contributed by atoms with E-state index in [1.807, 2.05) is 22.9 Å². The highest BCUT2D eigenvalue weighted by Crippen LogP contribution is 2.31. The average molecular weight is 224 g/mol. The molecule has 1 saturated heterocycles. The Hall–Kier alpha value is -1.03. The molecule has 0 aromatic carbocycles. The summed E-state index contributed by atoms with van der Waals surface area (Å²) in [5.74, 6) is 0. The Morgan fingerprint density at radius 1 is 1.53 bits per heavy atom. The number of thiophene rings is 1. The van der Waals surface area contributed by atoms with E-state index < -0.39 is 0 Å². The molecular formula is C11H16N2OS. The molecule has 82 valence electrons. The van der Waals surface area contributed by atoms with Crippen LogP contribution in [0.3, 0.4) is 0 Å². The second-order valence-corrected chi connectivity index (χ2v) is 5.15. The first-order valence-electron chi connectivity index (χ1n) is 5.18. The van der Waals surface area contributed by atoms with Crippen molar-refractivity contribution in [1.82, 2.24) is 9.80 Å². The maximum Gasteiger partial charge on any atom is 0.320 e. The third kappa shape index (κ3) is 1.74. The summed E-state index contributed by atoms with van der Waals surface area (Å²) in [6.07, 6.45) is 0. The van der Waals surface area contributed by atoms with E-state index in [4.69, 9.17) is 0 Å². The molecule has 1 aromatic rings. The van der Waals surface area contributed by atoms with Gasteiger partial charge in [-0.15, -0.1) is 11.3 Å². The molecule has 1 aliphatic rings. The Balaban J connectivity index is 2.21. The molecule has 1 aliphatic heterocycles. The molecule has 0 saturated carbocycles. The standard InChI is InChI=1S/C11H16N2OS/c1-8(2)13-7-9(12(3)11(13)14)10-5-4-6-15-10/h4-6,8-9H,7H2,1-3H3. The highest BCUT2D eigenvalue weighted by molar-refractivity contribution is 7.10.